The number of aryl methyl sites for hydroxylation is 2. The predicted molar refractivity (Wildman–Crippen MR) is 111 cm³/mol. The summed E-state index contributed by atoms with van der Waals surface area (Å²) in [5.74, 6) is -1.16. The molecule has 1 aromatic heterocycles. The molecule has 7 heteroatoms. The molecule has 3 rings (SSSR count). The van der Waals surface area contributed by atoms with Crippen molar-refractivity contribution in [3.8, 4) is 0 Å². The molecule has 0 aliphatic rings. The smallest absolute Gasteiger partial charge is 0.313 e. The summed E-state index contributed by atoms with van der Waals surface area (Å²) in [5.41, 5.74) is 1.63. The number of carbonyl (C=O) groups excluding carboxylic acids is 1. The van der Waals surface area contributed by atoms with E-state index in [1.807, 2.05) is 19.1 Å². The molecule has 2 aromatic carbocycles. The molecule has 0 unspecified atom stereocenters. The third kappa shape index (κ3) is 4.18. The number of anilines is 1. The second-order valence-corrected chi connectivity index (χ2v) is 7.52. The molecule has 0 atom stereocenters. The van der Waals surface area contributed by atoms with E-state index >= 15 is 0 Å². The van der Waals surface area contributed by atoms with Crippen molar-refractivity contribution in [2.45, 2.75) is 39.2 Å². The van der Waals surface area contributed by atoms with Crippen LogP contribution >= 0.6 is 0 Å². The fourth-order valence-electron chi connectivity index (χ4n) is 3.04. The largest absolute Gasteiger partial charge is 0.481 e. The number of carbonyl (C=O) groups is 2. The number of fused-ring (bicyclic) bond motifs is 1. The molecule has 29 heavy (non-hydrogen) atoms. The van der Waals surface area contributed by atoms with Gasteiger partial charge in [0.15, 0.2) is 0 Å². The number of aliphatic carboxylic acids is 1. The molecule has 0 fully saturated rings. The predicted octanol–water partition coefficient (Wildman–Crippen LogP) is 3.10. The molecule has 0 aliphatic carbocycles. The highest BCUT2D eigenvalue weighted by molar-refractivity contribution is 5.91. The molecule has 1 heterocycles. The van der Waals surface area contributed by atoms with Gasteiger partial charge in [0, 0.05) is 18.7 Å². The Balaban J connectivity index is 1.66. The van der Waals surface area contributed by atoms with E-state index in [-0.39, 0.29) is 24.4 Å². The van der Waals surface area contributed by atoms with E-state index in [0.717, 1.165) is 5.56 Å². The number of carboxylic acid groups (broad SMARTS) is 1. The first kappa shape index (κ1) is 20.3. The second kappa shape index (κ2) is 7.87. The Kier molecular flexibility index (Phi) is 5.50. The normalized spacial score (nSPS) is 11.4. The number of para-hydroxylation sites is 1. The average Bonchev–Trinajstić information content (AvgIpc) is 2.68. The van der Waals surface area contributed by atoms with Gasteiger partial charge in [-0.25, -0.2) is 4.98 Å². The standard InChI is InChI=1S/C22H23N3O4/c1-14-5-4-6-17-19(14)23-13-25(20(17)27)12-11-18(26)24-16-9-7-15(8-10-16)22(2,3)21(28)29/h4-10,13H,11-12H2,1-3H3,(H,24,26)(H,28,29). The number of carboxylic acids is 1. The van der Waals surface area contributed by atoms with Crippen molar-refractivity contribution in [2.75, 3.05) is 5.32 Å². The van der Waals surface area contributed by atoms with Crippen molar-refractivity contribution < 1.29 is 14.7 Å². The van der Waals surface area contributed by atoms with E-state index in [2.05, 4.69) is 10.3 Å². The van der Waals surface area contributed by atoms with E-state index in [0.29, 0.717) is 22.2 Å². The highest BCUT2D eigenvalue weighted by Crippen LogP contribution is 2.24. The SMILES string of the molecule is Cc1cccc2c(=O)n(CCC(=O)Nc3ccc(C(C)(C)C(=O)O)cc3)cnc12. The lowest BCUT2D eigenvalue weighted by Crippen LogP contribution is -2.28. The van der Waals surface area contributed by atoms with Gasteiger partial charge < -0.3 is 10.4 Å². The number of aromatic nitrogens is 2. The van der Waals surface area contributed by atoms with E-state index < -0.39 is 11.4 Å². The van der Waals surface area contributed by atoms with Crippen LogP contribution in [-0.2, 0) is 21.5 Å². The van der Waals surface area contributed by atoms with Gasteiger partial charge in [0.1, 0.15) is 0 Å². The molecule has 3 aromatic rings. The molecule has 0 bridgehead atoms. The Hall–Kier alpha value is -3.48. The van der Waals surface area contributed by atoms with Crippen LogP contribution in [0.3, 0.4) is 0 Å². The van der Waals surface area contributed by atoms with Crippen LogP contribution in [-0.4, -0.2) is 26.5 Å². The summed E-state index contributed by atoms with van der Waals surface area (Å²) in [7, 11) is 0. The zero-order valence-electron chi connectivity index (χ0n) is 16.6. The first-order valence-corrected chi connectivity index (χ1v) is 9.28. The van der Waals surface area contributed by atoms with Gasteiger partial charge in [0.05, 0.1) is 22.6 Å². The van der Waals surface area contributed by atoms with Gasteiger partial charge in [0.2, 0.25) is 5.91 Å². The average molecular weight is 393 g/mol. The van der Waals surface area contributed by atoms with Gasteiger partial charge in [-0.1, -0.05) is 24.3 Å². The Bertz CT molecular complexity index is 1130. The minimum Gasteiger partial charge on any atom is -0.481 e. The summed E-state index contributed by atoms with van der Waals surface area (Å²) in [6.07, 6.45) is 1.58. The van der Waals surface area contributed by atoms with Crippen molar-refractivity contribution in [3.63, 3.8) is 0 Å². The molecular weight excluding hydrogens is 370 g/mol. The molecule has 2 N–H and O–H groups in total. The van der Waals surface area contributed by atoms with E-state index in [4.69, 9.17) is 0 Å². The van der Waals surface area contributed by atoms with Crippen LogP contribution in [0.5, 0.6) is 0 Å². The van der Waals surface area contributed by atoms with Gasteiger partial charge in [-0.3, -0.25) is 19.0 Å². The fourth-order valence-corrected chi connectivity index (χ4v) is 3.04. The number of nitrogens with one attached hydrogen (secondary N) is 1. The van der Waals surface area contributed by atoms with Crippen molar-refractivity contribution >= 4 is 28.5 Å². The quantitative estimate of drug-likeness (QED) is 0.670. The van der Waals surface area contributed by atoms with E-state index in [9.17, 15) is 19.5 Å². The third-order valence-corrected chi connectivity index (χ3v) is 5.06. The maximum absolute atomic E-state index is 12.6. The van der Waals surface area contributed by atoms with Crippen LogP contribution in [0, 0.1) is 6.92 Å². The Morgan fingerprint density at radius 3 is 2.48 bits per heavy atom. The zero-order chi connectivity index (χ0) is 21.2. The van der Waals surface area contributed by atoms with E-state index in [1.165, 1.54) is 10.9 Å². The molecule has 0 saturated heterocycles. The number of nitrogens with zero attached hydrogens (tertiary/aromatic N) is 2. The monoisotopic (exact) mass is 393 g/mol. The molecule has 1 amide bonds. The Morgan fingerprint density at radius 2 is 1.83 bits per heavy atom. The van der Waals surface area contributed by atoms with Crippen LogP contribution in [0.4, 0.5) is 5.69 Å². The zero-order valence-corrected chi connectivity index (χ0v) is 16.6. The molecule has 0 spiro atoms. The summed E-state index contributed by atoms with van der Waals surface area (Å²) in [6.45, 7) is 5.36. The maximum Gasteiger partial charge on any atom is 0.313 e. The number of benzene rings is 2. The summed E-state index contributed by atoms with van der Waals surface area (Å²) >= 11 is 0. The Labute approximate surface area is 168 Å². The van der Waals surface area contributed by atoms with Crippen molar-refractivity contribution in [3.05, 3.63) is 70.3 Å². The summed E-state index contributed by atoms with van der Waals surface area (Å²) in [6, 6.07) is 12.2. The number of hydrogen-bond acceptors (Lipinski definition) is 4. The lowest BCUT2D eigenvalue weighted by atomic mass is 9.85. The van der Waals surface area contributed by atoms with Gasteiger partial charge in [-0.05, 0) is 50.1 Å². The van der Waals surface area contributed by atoms with Crippen LogP contribution in [0.1, 0.15) is 31.4 Å². The molecule has 7 nitrogen and oxygen atoms in total. The first-order chi connectivity index (χ1) is 13.7. The third-order valence-electron chi connectivity index (χ3n) is 5.06. The van der Waals surface area contributed by atoms with Gasteiger partial charge >= 0.3 is 5.97 Å². The van der Waals surface area contributed by atoms with Gasteiger partial charge in [-0.15, -0.1) is 0 Å². The van der Waals surface area contributed by atoms with Crippen molar-refractivity contribution in [1.82, 2.24) is 9.55 Å². The molecule has 0 saturated carbocycles. The second-order valence-electron chi connectivity index (χ2n) is 7.52. The van der Waals surface area contributed by atoms with Crippen LogP contribution in [0.15, 0.2) is 53.6 Å². The lowest BCUT2D eigenvalue weighted by Gasteiger charge is -2.19. The van der Waals surface area contributed by atoms with Gasteiger partial charge in [-0.2, -0.15) is 0 Å². The molecule has 0 aliphatic heterocycles. The molecule has 150 valence electrons. The highest BCUT2D eigenvalue weighted by atomic mass is 16.4. The number of rotatable bonds is 6. The van der Waals surface area contributed by atoms with Crippen molar-refractivity contribution in [1.29, 1.82) is 0 Å². The van der Waals surface area contributed by atoms with Crippen molar-refractivity contribution in [2.24, 2.45) is 0 Å². The minimum absolute atomic E-state index is 0.112. The molecular formula is C22H23N3O4. The van der Waals surface area contributed by atoms with E-state index in [1.54, 1.807) is 44.2 Å². The summed E-state index contributed by atoms with van der Waals surface area (Å²) in [5, 5.41) is 12.6. The Morgan fingerprint density at radius 1 is 1.14 bits per heavy atom. The topological polar surface area (TPSA) is 101 Å². The minimum atomic E-state index is -1.01. The van der Waals surface area contributed by atoms with Gasteiger partial charge in [0.25, 0.3) is 5.56 Å². The number of amides is 1. The summed E-state index contributed by atoms with van der Waals surface area (Å²) in [4.78, 5) is 40.5. The number of hydrogen-bond donors (Lipinski definition) is 2. The summed E-state index contributed by atoms with van der Waals surface area (Å²) < 4.78 is 1.43. The van der Waals surface area contributed by atoms with Crippen LogP contribution < -0.4 is 10.9 Å². The fraction of sp³-hybridized carbons (Fsp3) is 0.273. The first-order valence-electron chi connectivity index (χ1n) is 9.28. The molecule has 0 radical (unpaired) electrons. The maximum atomic E-state index is 12.6. The highest BCUT2D eigenvalue weighted by Gasteiger charge is 2.29. The lowest BCUT2D eigenvalue weighted by molar-refractivity contribution is -0.142. The van der Waals surface area contributed by atoms with Crippen LogP contribution in [0.2, 0.25) is 0 Å². The van der Waals surface area contributed by atoms with Crippen LogP contribution in [0.25, 0.3) is 10.9 Å².